The van der Waals surface area contributed by atoms with Crippen molar-refractivity contribution in [1.29, 1.82) is 0 Å². The Bertz CT molecular complexity index is 370. The van der Waals surface area contributed by atoms with Gasteiger partial charge in [0, 0.05) is 13.1 Å². The minimum absolute atomic E-state index is 0.341. The number of ether oxygens (including phenoxy) is 1. The normalized spacial score (nSPS) is 11.1. The van der Waals surface area contributed by atoms with Crippen LogP contribution >= 0.6 is 0 Å². The van der Waals surface area contributed by atoms with E-state index in [1.165, 1.54) is 0 Å². The molecule has 1 rings (SSSR count). The molecule has 0 saturated carbocycles. The van der Waals surface area contributed by atoms with Crippen LogP contribution in [0.5, 0.6) is 0 Å². The van der Waals surface area contributed by atoms with Gasteiger partial charge in [-0.1, -0.05) is 5.16 Å². The summed E-state index contributed by atoms with van der Waals surface area (Å²) in [5.41, 5.74) is -0.485. The van der Waals surface area contributed by atoms with Gasteiger partial charge in [0.1, 0.15) is 5.60 Å². The van der Waals surface area contributed by atoms with E-state index < -0.39 is 11.7 Å². The second kappa shape index (κ2) is 5.51. The molecule has 0 aliphatic carbocycles. The standard InChI is InChI=1S/C10H18N4O3/c1-7-13-8(17-14-7)11-5-6-12-9(15)16-10(2,3)4/h5-6H2,1-4H3,(H,12,15)(H,11,13,14). The van der Waals surface area contributed by atoms with Gasteiger partial charge in [-0.2, -0.15) is 4.98 Å². The highest BCUT2D eigenvalue weighted by Gasteiger charge is 2.15. The van der Waals surface area contributed by atoms with Gasteiger partial charge >= 0.3 is 12.1 Å². The topological polar surface area (TPSA) is 89.3 Å². The predicted molar refractivity (Wildman–Crippen MR) is 61.8 cm³/mol. The SMILES string of the molecule is Cc1noc(NCCNC(=O)OC(C)(C)C)n1. The van der Waals surface area contributed by atoms with Crippen molar-refractivity contribution in [3.8, 4) is 0 Å². The van der Waals surface area contributed by atoms with Crippen molar-refractivity contribution in [2.45, 2.75) is 33.3 Å². The van der Waals surface area contributed by atoms with Crippen molar-refractivity contribution >= 4 is 12.1 Å². The molecule has 2 N–H and O–H groups in total. The maximum Gasteiger partial charge on any atom is 0.407 e. The van der Waals surface area contributed by atoms with Gasteiger partial charge < -0.3 is 19.9 Å². The summed E-state index contributed by atoms with van der Waals surface area (Å²) in [6.07, 6.45) is -0.444. The number of nitrogens with zero attached hydrogens (tertiary/aromatic N) is 2. The molecule has 0 fully saturated rings. The molecule has 1 heterocycles. The number of nitrogens with one attached hydrogen (secondary N) is 2. The number of anilines is 1. The first kappa shape index (κ1) is 13.3. The van der Waals surface area contributed by atoms with Crippen LogP contribution in [-0.4, -0.2) is 34.9 Å². The second-order valence-corrected chi connectivity index (χ2v) is 4.50. The lowest BCUT2D eigenvalue weighted by molar-refractivity contribution is 0.0530. The number of aryl methyl sites for hydroxylation is 1. The smallest absolute Gasteiger partial charge is 0.407 e. The van der Waals surface area contributed by atoms with E-state index in [0.717, 1.165) is 0 Å². The van der Waals surface area contributed by atoms with E-state index in [-0.39, 0.29) is 0 Å². The summed E-state index contributed by atoms with van der Waals surface area (Å²) in [4.78, 5) is 15.2. The summed E-state index contributed by atoms with van der Waals surface area (Å²) in [6, 6.07) is 0.341. The van der Waals surface area contributed by atoms with E-state index >= 15 is 0 Å². The van der Waals surface area contributed by atoms with Crippen LogP contribution in [0.3, 0.4) is 0 Å². The van der Waals surface area contributed by atoms with Crippen LogP contribution in [0.25, 0.3) is 0 Å². The van der Waals surface area contributed by atoms with Crippen molar-refractivity contribution in [3.05, 3.63) is 5.82 Å². The molecule has 0 aliphatic heterocycles. The molecular weight excluding hydrogens is 224 g/mol. The van der Waals surface area contributed by atoms with Crippen LogP contribution < -0.4 is 10.6 Å². The number of carbonyl (C=O) groups is 1. The third kappa shape index (κ3) is 5.74. The summed E-state index contributed by atoms with van der Waals surface area (Å²) in [5.74, 6) is 0.563. The largest absolute Gasteiger partial charge is 0.444 e. The molecule has 0 bridgehead atoms. The van der Waals surface area contributed by atoms with E-state index in [0.29, 0.717) is 24.9 Å². The summed E-state index contributed by atoms with van der Waals surface area (Å²) in [5, 5.41) is 9.09. The maximum atomic E-state index is 11.3. The van der Waals surface area contributed by atoms with Crippen molar-refractivity contribution < 1.29 is 14.1 Å². The Morgan fingerprint density at radius 3 is 2.65 bits per heavy atom. The van der Waals surface area contributed by atoms with E-state index in [9.17, 15) is 4.79 Å². The Balaban J connectivity index is 2.14. The Kier molecular flexibility index (Phi) is 4.30. The average molecular weight is 242 g/mol. The van der Waals surface area contributed by atoms with Gasteiger partial charge in [-0.25, -0.2) is 4.79 Å². The fourth-order valence-electron chi connectivity index (χ4n) is 1.02. The number of carbonyl (C=O) groups excluding carboxylic acids is 1. The highest BCUT2D eigenvalue weighted by atomic mass is 16.6. The fraction of sp³-hybridized carbons (Fsp3) is 0.700. The van der Waals surface area contributed by atoms with Crippen LogP contribution in [-0.2, 0) is 4.74 Å². The number of rotatable bonds is 4. The Labute approximate surface area is 99.9 Å². The third-order valence-electron chi connectivity index (χ3n) is 1.60. The molecule has 0 unspecified atom stereocenters. The van der Waals surface area contributed by atoms with E-state index in [2.05, 4.69) is 20.8 Å². The van der Waals surface area contributed by atoms with Gasteiger partial charge in [0.15, 0.2) is 5.82 Å². The quantitative estimate of drug-likeness (QED) is 0.774. The molecule has 1 aromatic rings. The minimum Gasteiger partial charge on any atom is -0.444 e. The summed E-state index contributed by atoms with van der Waals surface area (Å²) >= 11 is 0. The van der Waals surface area contributed by atoms with Gasteiger partial charge in [-0.15, -0.1) is 0 Å². The lowest BCUT2D eigenvalue weighted by Gasteiger charge is -2.19. The lowest BCUT2D eigenvalue weighted by atomic mass is 10.2. The van der Waals surface area contributed by atoms with E-state index in [4.69, 9.17) is 9.26 Å². The first-order valence-electron chi connectivity index (χ1n) is 5.38. The summed E-state index contributed by atoms with van der Waals surface area (Å²) in [6.45, 7) is 8.06. The Morgan fingerprint density at radius 2 is 2.12 bits per heavy atom. The first-order chi connectivity index (χ1) is 7.87. The maximum absolute atomic E-state index is 11.3. The molecular formula is C10H18N4O3. The van der Waals surface area contributed by atoms with Gasteiger partial charge in [-0.05, 0) is 27.7 Å². The highest BCUT2D eigenvalue weighted by Crippen LogP contribution is 2.06. The number of alkyl carbamates (subject to hydrolysis) is 1. The van der Waals surface area contributed by atoms with Gasteiger partial charge in [-0.3, -0.25) is 0 Å². The first-order valence-corrected chi connectivity index (χ1v) is 5.38. The lowest BCUT2D eigenvalue weighted by Crippen LogP contribution is -2.35. The molecule has 0 atom stereocenters. The van der Waals surface area contributed by atoms with Crippen molar-refractivity contribution in [2.75, 3.05) is 18.4 Å². The van der Waals surface area contributed by atoms with Gasteiger partial charge in [0.05, 0.1) is 0 Å². The van der Waals surface area contributed by atoms with Gasteiger partial charge in [0.25, 0.3) is 0 Å². The molecule has 0 spiro atoms. The van der Waals surface area contributed by atoms with Crippen LogP contribution in [0.2, 0.25) is 0 Å². The van der Waals surface area contributed by atoms with Gasteiger partial charge in [0.2, 0.25) is 0 Å². The molecule has 0 radical (unpaired) electrons. The zero-order chi connectivity index (χ0) is 12.9. The van der Waals surface area contributed by atoms with Crippen LogP contribution in [0.4, 0.5) is 10.8 Å². The number of aromatic nitrogens is 2. The predicted octanol–water partition coefficient (Wildman–Crippen LogP) is 1.31. The monoisotopic (exact) mass is 242 g/mol. The van der Waals surface area contributed by atoms with Crippen molar-refractivity contribution in [2.24, 2.45) is 0 Å². The minimum atomic E-state index is -0.485. The zero-order valence-electron chi connectivity index (χ0n) is 10.5. The average Bonchev–Trinajstić information content (AvgIpc) is 2.56. The molecule has 0 aliphatic rings. The molecule has 17 heavy (non-hydrogen) atoms. The molecule has 1 aromatic heterocycles. The zero-order valence-corrected chi connectivity index (χ0v) is 10.5. The number of amides is 1. The summed E-state index contributed by atoms with van der Waals surface area (Å²) < 4.78 is 9.90. The summed E-state index contributed by atoms with van der Waals surface area (Å²) in [7, 11) is 0. The second-order valence-electron chi connectivity index (χ2n) is 4.50. The van der Waals surface area contributed by atoms with Crippen LogP contribution in [0, 0.1) is 6.92 Å². The molecule has 7 nitrogen and oxygen atoms in total. The molecule has 7 heteroatoms. The Hall–Kier alpha value is -1.79. The molecule has 0 aromatic carbocycles. The number of hydrogen-bond acceptors (Lipinski definition) is 6. The van der Waals surface area contributed by atoms with Crippen LogP contribution in [0.15, 0.2) is 4.52 Å². The molecule has 96 valence electrons. The fourth-order valence-corrected chi connectivity index (χ4v) is 1.02. The van der Waals surface area contributed by atoms with E-state index in [1.54, 1.807) is 6.92 Å². The van der Waals surface area contributed by atoms with Crippen LogP contribution in [0.1, 0.15) is 26.6 Å². The molecule has 1 amide bonds. The third-order valence-corrected chi connectivity index (χ3v) is 1.60. The van der Waals surface area contributed by atoms with E-state index in [1.807, 2.05) is 20.8 Å². The number of hydrogen-bond donors (Lipinski definition) is 2. The Morgan fingerprint density at radius 1 is 1.41 bits per heavy atom. The van der Waals surface area contributed by atoms with Crippen molar-refractivity contribution in [1.82, 2.24) is 15.5 Å². The van der Waals surface area contributed by atoms with Crippen molar-refractivity contribution in [3.63, 3.8) is 0 Å². The highest BCUT2D eigenvalue weighted by molar-refractivity contribution is 5.67. The molecule has 0 saturated heterocycles.